The van der Waals surface area contributed by atoms with E-state index < -0.39 is 16.3 Å². The van der Waals surface area contributed by atoms with E-state index in [0.29, 0.717) is 11.4 Å². The molecule has 0 saturated carbocycles. The molecule has 0 aliphatic carbocycles. The maximum atomic E-state index is 11.4. The molecule has 1 atom stereocenters. The van der Waals surface area contributed by atoms with Gasteiger partial charge in [0.2, 0.25) is 0 Å². The zero-order valence-corrected chi connectivity index (χ0v) is 14.4. The summed E-state index contributed by atoms with van der Waals surface area (Å²) in [4.78, 5) is 4.48. The van der Waals surface area contributed by atoms with E-state index in [1.165, 1.54) is 23.5 Å². The van der Waals surface area contributed by atoms with E-state index >= 15 is 0 Å². The van der Waals surface area contributed by atoms with Gasteiger partial charge >= 0.3 is 10.0 Å². The highest BCUT2D eigenvalue weighted by Gasteiger charge is 2.29. The second-order valence-corrected chi connectivity index (χ2v) is 8.07. The summed E-state index contributed by atoms with van der Waals surface area (Å²) in [6.45, 7) is 0. The van der Waals surface area contributed by atoms with Crippen molar-refractivity contribution < 1.29 is 18.7 Å². The minimum atomic E-state index is -3.49. The molecule has 8 nitrogen and oxygen atoms in total. The largest absolute Gasteiger partial charge is 0.368 e. The van der Waals surface area contributed by atoms with Crippen molar-refractivity contribution in [1.29, 1.82) is 0 Å². The normalized spacial score (nSPS) is 18.3. The van der Waals surface area contributed by atoms with Gasteiger partial charge in [-0.05, 0) is 36.4 Å². The maximum absolute atomic E-state index is 11.4. The van der Waals surface area contributed by atoms with E-state index in [1.807, 2.05) is 12.1 Å². The average Bonchev–Trinajstić information content (AvgIpc) is 3.15. The van der Waals surface area contributed by atoms with E-state index in [9.17, 15) is 13.5 Å². The zero-order valence-electron chi connectivity index (χ0n) is 12.8. The highest BCUT2D eigenvalue weighted by atomic mass is 32.2. The number of anilines is 2. The lowest BCUT2D eigenvalue weighted by Crippen LogP contribution is -2.56. The Kier molecular flexibility index (Phi) is 3.69. The molecule has 6 N–H and O–H groups in total. The first-order chi connectivity index (χ1) is 11.9. The lowest BCUT2D eigenvalue weighted by Gasteiger charge is -2.06. The van der Waals surface area contributed by atoms with Crippen molar-refractivity contribution in [1.82, 2.24) is 4.98 Å². The molecule has 0 fully saturated rings. The van der Waals surface area contributed by atoms with Crippen LogP contribution in [0.3, 0.4) is 0 Å². The summed E-state index contributed by atoms with van der Waals surface area (Å²) in [6.07, 6.45) is -0.950. The van der Waals surface area contributed by atoms with Gasteiger partial charge in [0, 0.05) is 5.69 Å². The van der Waals surface area contributed by atoms with E-state index in [1.54, 1.807) is 17.6 Å². The van der Waals surface area contributed by atoms with Crippen molar-refractivity contribution in [3.8, 4) is 0 Å². The van der Waals surface area contributed by atoms with Gasteiger partial charge in [-0.25, -0.2) is 10.1 Å². The minimum absolute atomic E-state index is 0.128. The first-order valence-electron chi connectivity index (χ1n) is 7.26. The number of sulfonamides is 1. The number of benzene rings is 2. The van der Waals surface area contributed by atoms with Crippen LogP contribution in [0.15, 0.2) is 51.9 Å². The van der Waals surface area contributed by atoms with E-state index in [0.717, 1.165) is 21.5 Å². The molecule has 128 valence electrons. The average molecular weight is 376 g/mol. The summed E-state index contributed by atoms with van der Waals surface area (Å²) in [6, 6.07) is 9.89. The summed E-state index contributed by atoms with van der Waals surface area (Å²) >= 11 is 1.52. The van der Waals surface area contributed by atoms with Crippen LogP contribution >= 0.6 is 11.3 Å². The number of hydrogen-bond donors (Lipinski definition) is 4. The summed E-state index contributed by atoms with van der Waals surface area (Å²) < 4.78 is 23.8. The highest BCUT2D eigenvalue weighted by Crippen LogP contribution is 2.33. The first kappa shape index (κ1) is 16.0. The predicted molar refractivity (Wildman–Crippen MR) is 95.9 cm³/mol. The van der Waals surface area contributed by atoms with Crippen LogP contribution in [0.1, 0.15) is 5.56 Å². The Morgan fingerprint density at radius 3 is 2.72 bits per heavy atom. The molecule has 1 aliphatic rings. The van der Waals surface area contributed by atoms with Gasteiger partial charge in [-0.15, -0.1) is 11.3 Å². The van der Waals surface area contributed by atoms with Crippen LogP contribution in [0.4, 0.5) is 11.4 Å². The van der Waals surface area contributed by atoms with Crippen molar-refractivity contribution in [2.24, 2.45) is 5.10 Å². The summed E-state index contributed by atoms with van der Waals surface area (Å²) in [5.74, 6) is 0. The molecule has 0 radical (unpaired) electrons. The van der Waals surface area contributed by atoms with Crippen molar-refractivity contribution in [2.75, 3.05) is 10.7 Å². The molecular weight excluding hydrogens is 362 g/mol. The number of nitrogens with zero attached hydrogens (tertiary/aromatic N) is 2. The molecule has 1 aromatic heterocycles. The third kappa shape index (κ3) is 2.85. The molecule has 0 amide bonds. The Morgan fingerprint density at radius 1 is 1.24 bits per heavy atom. The molecule has 3 aromatic rings. The number of rotatable bonds is 3. The zero-order chi connectivity index (χ0) is 17.6. The van der Waals surface area contributed by atoms with Crippen LogP contribution in [0.25, 0.3) is 10.2 Å². The Morgan fingerprint density at radius 2 is 2.00 bits per heavy atom. The summed E-state index contributed by atoms with van der Waals surface area (Å²) in [7, 11) is -3.49. The topological polar surface area (TPSA) is 131 Å². The lowest BCUT2D eigenvalue weighted by molar-refractivity contribution is -0.164. The Labute approximate surface area is 147 Å². The van der Waals surface area contributed by atoms with E-state index in [-0.39, 0.29) is 4.90 Å². The number of hydrogen-bond acceptors (Lipinski definition) is 8. The molecule has 4 rings (SSSR count). The van der Waals surface area contributed by atoms with Crippen LogP contribution in [-0.2, 0) is 10.0 Å². The van der Waals surface area contributed by atoms with Gasteiger partial charge in [0.1, 0.15) is 10.6 Å². The van der Waals surface area contributed by atoms with Gasteiger partial charge in [-0.2, -0.15) is 13.5 Å². The fourth-order valence-corrected chi connectivity index (χ4v) is 3.88. The van der Waals surface area contributed by atoms with Gasteiger partial charge in [0.25, 0.3) is 0 Å². The van der Waals surface area contributed by atoms with Crippen LogP contribution in [0.5, 0.6) is 0 Å². The molecule has 1 unspecified atom stereocenters. The molecule has 0 bridgehead atoms. The number of quaternary nitrogens is 1. The second kappa shape index (κ2) is 5.77. The van der Waals surface area contributed by atoms with E-state index in [2.05, 4.69) is 26.0 Å². The molecule has 25 heavy (non-hydrogen) atoms. The van der Waals surface area contributed by atoms with Gasteiger partial charge in [-0.3, -0.25) is 5.43 Å². The number of aliphatic hydroxyl groups is 1. The number of fused-ring (bicyclic) bond motifs is 3. The molecule has 0 spiro atoms. The third-order valence-electron chi connectivity index (χ3n) is 3.83. The fourth-order valence-electron chi connectivity index (χ4n) is 2.64. The quantitative estimate of drug-likeness (QED) is 0.500. The van der Waals surface area contributed by atoms with Crippen molar-refractivity contribution in [3.05, 3.63) is 47.5 Å². The molecular formula is C15H14N5O3S2+. The van der Waals surface area contributed by atoms with E-state index in [4.69, 9.17) is 0 Å². The van der Waals surface area contributed by atoms with Gasteiger partial charge in [0.05, 0.1) is 27.0 Å². The third-order valence-corrected chi connectivity index (χ3v) is 5.61. The molecule has 10 heteroatoms. The number of nitrogens with one attached hydrogen (secondary N) is 2. The Hall–Kier alpha value is -2.53. The summed E-state index contributed by atoms with van der Waals surface area (Å²) in [5, 5.41) is 20.6. The van der Waals surface area contributed by atoms with Gasteiger partial charge < -0.3 is 10.4 Å². The lowest BCUT2D eigenvalue weighted by atomic mass is 10.1. The van der Waals surface area contributed by atoms with Crippen molar-refractivity contribution >= 4 is 48.7 Å². The number of hydrazone groups is 1. The van der Waals surface area contributed by atoms with Crippen LogP contribution < -0.4 is 15.9 Å². The van der Waals surface area contributed by atoms with Crippen molar-refractivity contribution in [3.63, 3.8) is 0 Å². The standard InChI is InChI=1S/C15H13N5O3S2/c16-25(22,23)9-3-1-8(2-4-9)19-20-14-12-10(18-15(14)21)5-6-11-13(12)17-7-24-11/h1-7,15,18-19,21H,(H2,16,22,23)/p+1. The molecule has 0 saturated heterocycles. The number of thiazole rings is 1. The second-order valence-electron chi connectivity index (χ2n) is 5.48. The molecule has 1 aliphatic heterocycles. The Bertz CT molecular complexity index is 1090. The fraction of sp³-hybridized carbons (Fsp3) is 0.0667. The SMILES string of the molecule is [NH3+]S(=O)(=O)c1ccc(NN=C2c3c(ccc4scnc34)NC2O)cc1. The van der Waals surface area contributed by atoms with Crippen LogP contribution in [0, 0.1) is 0 Å². The smallest absolute Gasteiger partial charge is 0.322 e. The number of aromatic nitrogens is 1. The minimum Gasteiger partial charge on any atom is -0.368 e. The van der Waals surface area contributed by atoms with Gasteiger partial charge in [-0.1, -0.05) is 0 Å². The maximum Gasteiger partial charge on any atom is 0.322 e. The highest BCUT2D eigenvalue weighted by molar-refractivity contribution is 7.84. The van der Waals surface area contributed by atoms with Crippen LogP contribution in [0.2, 0.25) is 0 Å². The monoisotopic (exact) mass is 376 g/mol. The molecule has 2 heterocycles. The molecule has 2 aromatic carbocycles. The number of aliphatic hydroxyl groups excluding tert-OH is 1. The van der Waals surface area contributed by atoms with Gasteiger partial charge in [0.15, 0.2) is 6.23 Å². The Balaban J connectivity index is 1.68. The van der Waals surface area contributed by atoms with Crippen LogP contribution in [-0.4, -0.2) is 30.4 Å². The first-order valence-corrected chi connectivity index (χ1v) is 9.79. The summed E-state index contributed by atoms with van der Waals surface area (Å²) in [5.41, 5.74) is 7.92. The predicted octanol–water partition coefficient (Wildman–Crippen LogP) is 0.787. The van der Waals surface area contributed by atoms with Crippen molar-refractivity contribution in [2.45, 2.75) is 11.1 Å².